The SMILES string of the molecule is CC(C)(C)[Si](C)(C)OC1CCOC2(C1)OCCCC2CC=O. The van der Waals surface area contributed by atoms with Crippen LogP contribution in [0.4, 0.5) is 0 Å². The van der Waals surface area contributed by atoms with E-state index >= 15 is 0 Å². The summed E-state index contributed by atoms with van der Waals surface area (Å²) in [4.78, 5) is 11.0. The molecule has 2 heterocycles. The molecule has 22 heavy (non-hydrogen) atoms. The molecule has 2 saturated heterocycles. The monoisotopic (exact) mass is 328 g/mol. The van der Waals surface area contributed by atoms with Crippen LogP contribution in [0.25, 0.3) is 0 Å². The zero-order valence-electron chi connectivity index (χ0n) is 14.8. The maximum absolute atomic E-state index is 11.0. The second kappa shape index (κ2) is 6.71. The van der Waals surface area contributed by atoms with Crippen molar-refractivity contribution in [3.63, 3.8) is 0 Å². The van der Waals surface area contributed by atoms with E-state index in [0.29, 0.717) is 13.0 Å². The van der Waals surface area contributed by atoms with Gasteiger partial charge in [0.2, 0.25) is 0 Å². The molecule has 128 valence electrons. The van der Waals surface area contributed by atoms with Gasteiger partial charge in [0.25, 0.3) is 0 Å². The van der Waals surface area contributed by atoms with Crippen LogP contribution in [0.2, 0.25) is 18.1 Å². The number of carbonyl (C=O) groups excluding carboxylic acids is 1. The van der Waals surface area contributed by atoms with Gasteiger partial charge < -0.3 is 18.7 Å². The molecule has 2 rings (SSSR count). The zero-order chi connectivity index (χ0) is 16.4. The number of carbonyl (C=O) groups is 1. The van der Waals surface area contributed by atoms with Crippen molar-refractivity contribution in [2.45, 2.75) is 82.9 Å². The van der Waals surface area contributed by atoms with Gasteiger partial charge in [0, 0.05) is 18.8 Å². The van der Waals surface area contributed by atoms with Crippen LogP contribution in [0.3, 0.4) is 0 Å². The van der Waals surface area contributed by atoms with Crippen LogP contribution < -0.4 is 0 Å². The lowest BCUT2D eigenvalue weighted by atomic mass is 9.83. The number of hydrogen-bond acceptors (Lipinski definition) is 4. The Hall–Kier alpha value is -0.233. The van der Waals surface area contributed by atoms with Crippen molar-refractivity contribution >= 4 is 14.6 Å². The van der Waals surface area contributed by atoms with Gasteiger partial charge in [-0.05, 0) is 37.4 Å². The summed E-state index contributed by atoms with van der Waals surface area (Å²) in [7, 11) is -1.79. The van der Waals surface area contributed by atoms with Gasteiger partial charge in [-0.1, -0.05) is 20.8 Å². The van der Waals surface area contributed by atoms with Crippen LogP contribution in [-0.4, -0.2) is 39.7 Å². The standard InChI is InChI=1S/C17H32O4Si/c1-16(2,3)22(4,5)21-15-9-12-20-17(13-15)14(8-10-18)7-6-11-19-17/h10,14-15H,6-9,11-13H2,1-5H3. The van der Waals surface area contributed by atoms with Crippen molar-refractivity contribution in [3.8, 4) is 0 Å². The molecule has 2 fully saturated rings. The maximum atomic E-state index is 11.0. The van der Waals surface area contributed by atoms with Crippen molar-refractivity contribution in [2.24, 2.45) is 5.92 Å². The van der Waals surface area contributed by atoms with Gasteiger partial charge in [-0.25, -0.2) is 0 Å². The molecule has 0 aromatic heterocycles. The number of aldehydes is 1. The van der Waals surface area contributed by atoms with Crippen LogP contribution in [0.1, 0.15) is 52.9 Å². The number of rotatable bonds is 4. The Morgan fingerprint density at radius 3 is 2.55 bits per heavy atom. The zero-order valence-corrected chi connectivity index (χ0v) is 15.8. The smallest absolute Gasteiger partial charge is 0.192 e. The Balaban J connectivity index is 2.08. The summed E-state index contributed by atoms with van der Waals surface area (Å²) in [5.74, 6) is -0.422. The highest BCUT2D eigenvalue weighted by Gasteiger charge is 2.49. The molecule has 1 spiro atoms. The summed E-state index contributed by atoms with van der Waals surface area (Å²) >= 11 is 0. The van der Waals surface area contributed by atoms with Gasteiger partial charge in [-0.3, -0.25) is 0 Å². The molecule has 3 unspecified atom stereocenters. The van der Waals surface area contributed by atoms with E-state index in [1.165, 1.54) is 0 Å². The molecule has 0 saturated carbocycles. The average molecular weight is 329 g/mol. The molecular formula is C17H32O4Si. The Labute approximate surface area is 136 Å². The largest absolute Gasteiger partial charge is 0.414 e. The molecule has 0 aromatic carbocycles. The Kier molecular flexibility index (Phi) is 5.53. The second-order valence-corrected chi connectivity index (χ2v) is 13.0. The molecule has 0 N–H and O–H groups in total. The van der Waals surface area contributed by atoms with Crippen LogP contribution >= 0.6 is 0 Å². The molecule has 0 aromatic rings. The number of hydrogen-bond donors (Lipinski definition) is 0. The summed E-state index contributed by atoms with van der Waals surface area (Å²) in [6, 6.07) is 0. The fourth-order valence-corrected chi connectivity index (χ4v) is 4.63. The third kappa shape index (κ3) is 3.81. The van der Waals surface area contributed by atoms with Crippen molar-refractivity contribution in [1.82, 2.24) is 0 Å². The fourth-order valence-electron chi connectivity index (χ4n) is 3.25. The lowest BCUT2D eigenvalue weighted by Crippen LogP contribution is -2.55. The Bertz CT molecular complexity index is 387. The first-order valence-corrected chi connectivity index (χ1v) is 11.5. The van der Waals surface area contributed by atoms with Crippen molar-refractivity contribution < 1.29 is 18.7 Å². The van der Waals surface area contributed by atoms with Crippen molar-refractivity contribution in [2.75, 3.05) is 13.2 Å². The van der Waals surface area contributed by atoms with Gasteiger partial charge in [-0.15, -0.1) is 0 Å². The van der Waals surface area contributed by atoms with E-state index in [4.69, 9.17) is 13.9 Å². The highest BCUT2D eigenvalue weighted by molar-refractivity contribution is 6.74. The molecular weight excluding hydrogens is 296 g/mol. The maximum Gasteiger partial charge on any atom is 0.192 e. The van der Waals surface area contributed by atoms with E-state index < -0.39 is 14.1 Å². The van der Waals surface area contributed by atoms with Gasteiger partial charge in [0.15, 0.2) is 14.1 Å². The van der Waals surface area contributed by atoms with E-state index in [2.05, 4.69) is 33.9 Å². The number of ether oxygens (including phenoxy) is 2. The Morgan fingerprint density at radius 1 is 1.23 bits per heavy atom. The lowest BCUT2D eigenvalue weighted by Gasteiger charge is -2.49. The van der Waals surface area contributed by atoms with E-state index in [9.17, 15) is 4.79 Å². The van der Waals surface area contributed by atoms with Gasteiger partial charge in [0.05, 0.1) is 19.3 Å². The van der Waals surface area contributed by atoms with Crippen molar-refractivity contribution in [1.29, 1.82) is 0 Å². The quantitative estimate of drug-likeness (QED) is 0.580. The summed E-state index contributed by atoms with van der Waals surface area (Å²) in [6.07, 6.45) is 5.41. The second-order valence-electron chi connectivity index (χ2n) is 8.24. The normalized spacial score (nSPS) is 33.9. The topological polar surface area (TPSA) is 44.8 Å². The Morgan fingerprint density at radius 2 is 1.91 bits per heavy atom. The minimum absolute atomic E-state index is 0.171. The van der Waals surface area contributed by atoms with Crippen LogP contribution in [0.15, 0.2) is 0 Å². The molecule has 4 nitrogen and oxygen atoms in total. The van der Waals surface area contributed by atoms with Crippen LogP contribution in [0.5, 0.6) is 0 Å². The minimum Gasteiger partial charge on any atom is -0.414 e. The summed E-state index contributed by atoms with van der Waals surface area (Å²) in [5, 5.41) is 0.202. The molecule has 0 radical (unpaired) electrons. The van der Waals surface area contributed by atoms with E-state index in [-0.39, 0.29) is 17.1 Å². The molecule has 0 bridgehead atoms. The fraction of sp³-hybridized carbons (Fsp3) is 0.941. The molecule has 0 aliphatic carbocycles. The van der Waals surface area contributed by atoms with Crippen molar-refractivity contribution in [3.05, 3.63) is 0 Å². The van der Waals surface area contributed by atoms with E-state index in [0.717, 1.165) is 38.6 Å². The first-order valence-electron chi connectivity index (χ1n) is 8.59. The summed E-state index contributed by atoms with van der Waals surface area (Å²) in [5.41, 5.74) is 0. The highest BCUT2D eigenvalue weighted by Crippen LogP contribution is 2.44. The molecule has 0 amide bonds. The summed E-state index contributed by atoms with van der Waals surface area (Å²) < 4.78 is 18.7. The van der Waals surface area contributed by atoms with Gasteiger partial charge in [0.1, 0.15) is 6.29 Å². The summed E-state index contributed by atoms with van der Waals surface area (Å²) in [6.45, 7) is 12.8. The molecule has 3 atom stereocenters. The molecule has 2 aliphatic heterocycles. The highest BCUT2D eigenvalue weighted by atomic mass is 28.4. The van der Waals surface area contributed by atoms with E-state index in [1.54, 1.807) is 0 Å². The van der Waals surface area contributed by atoms with E-state index in [1.807, 2.05) is 0 Å². The van der Waals surface area contributed by atoms with Crippen LogP contribution in [0, 0.1) is 5.92 Å². The first-order chi connectivity index (χ1) is 10.2. The predicted octanol–water partition coefficient (Wildman–Crippen LogP) is 3.90. The van der Waals surface area contributed by atoms with Gasteiger partial charge >= 0.3 is 0 Å². The average Bonchev–Trinajstić information content (AvgIpc) is 2.40. The molecule has 2 aliphatic rings. The minimum atomic E-state index is -1.79. The van der Waals surface area contributed by atoms with Crippen LogP contribution in [-0.2, 0) is 18.7 Å². The predicted molar refractivity (Wildman–Crippen MR) is 89.3 cm³/mol. The third-order valence-corrected chi connectivity index (χ3v) is 10.1. The third-order valence-electron chi connectivity index (χ3n) is 5.61. The van der Waals surface area contributed by atoms with Gasteiger partial charge in [-0.2, -0.15) is 0 Å². The lowest BCUT2D eigenvalue weighted by molar-refractivity contribution is -0.311. The molecule has 5 heteroatoms. The first kappa shape index (κ1) is 18.1.